The Kier molecular flexibility index (Phi) is 3.78. The maximum absolute atomic E-state index is 4.42. The van der Waals surface area contributed by atoms with Crippen LogP contribution in [0, 0.1) is 0 Å². The molecule has 2 N–H and O–H groups in total. The Bertz CT molecular complexity index is 775. The molecule has 116 valence electrons. The summed E-state index contributed by atoms with van der Waals surface area (Å²) in [6.45, 7) is 4.18. The normalized spacial score (nSPS) is 14.9. The van der Waals surface area contributed by atoms with Crippen molar-refractivity contribution in [2.45, 2.75) is 0 Å². The van der Waals surface area contributed by atoms with E-state index in [4.69, 9.17) is 0 Å². The highest BCUT2D eigenvalue weighted by Gasteiger charge is 2.12. The van der Waals surface area contributed by atoms with Crippen molar-refractivity contribution in [3.63, 3.8) is 0 Å². The van der Waals surface area contributed by atoms with Gasteiger partial charge in [0.15, 0.2) is 0 Å². The Balaban J connectivity index is 1.62. The number of pyridine rings is 1. The van der Waals surface area contributed by atoms with Crippen molar-refractivity contribution in [2.24, 2.45) is 0 Å². The minimum atomic E-state index is 0.917. The lowest BCUT2D eigenvalue weighted by atomic mass is 10.1. The molecule has 0 saturated carbocycles. The molecule has 5 heteroatoms. The van der Waals surface area contributed by atoms with Gasteiger partial charge >= 0.3 is 0 Å². The minimum absolute atomic E-state index is 0.917. The zero-order valence-corrected chi connectivity index (χ0v) is 12.9. The number of aromatic amines is 1. The van der Waals surface area contributed by atoms with Gasteiger partial charge in [-0.05, 0) is 30.3 Å². The van der Waals surface area contributed by atoms with Gasteiger partial charge in [-0.1, -0.05) is 12.1 Å². The molecule has 0 spiro atoms. The average molecular weight is 305 g/mol. The van der Waals surface area contributed by atoms with Gasteiger partial charge in [0.2, 0.25) is 0 Å². The number of nitrogens with one attached hydrogen (secondary N) is 2. The van der Waals surface area contributed by atoms with Gasteiger partial charge in [-0.2, -0.15) is 5.10 Å². The van der Waals surface area contributed by atoms with E-state index >= 15 is 0 Å². The van der Waals surface area contributed by atoms with Crippen LogP contribution in [0.3, 0.4) is 0 Å². The number of piperazine rings is 1. The zero-order valence-electron chi connectivity index (χ0n) is 12.9. The molecule has 0 aliphatic carbocycles. The van der Waals surface area contributed by atoms with Crippen molar-refractivity contribution in [1.82, 2.24) is 20.5 Å². The van der Waals surface area contributed by atoms with E-state index in [-0.39, 0.29) is 0 Å². The summed E-state index contributed by atoms with van der Waals surface area (Å²) in [6, 6.07) is 14.6. The molecular formula is C18H19N5. The standard InChI is InChI=1S/C18H19N5/c1-3-14(11-16(5-1)23-9-7-19-8-10-23)17-12-18(22-21-17)15-4-2-6-20-13-15/h1-6,11-13,19H,7-10H2,(H,21,22). The van der Waals surface area contributed by atoms with E-state index < -0.39 is 0 Å². The van der Waals surface area contributed by atoms with Crippen molar-refractivity contribution < 1.29 is 0 Å². The lowest BCUT2D eigenvalue weighted by Gasteiger charge is -2.29. The summed E-state index contributed by atoms with van der Waals surface area (Å²) in [5, 5.41) is 10.9. The van der Waals surface area contributed by atoms with Gasteiger partial charge in [-0.25, -0.2) is 0 Å². The van der Waals surface area contributed by atoms with Crippen molar-refractivity contribution in [3.05, 3.63) is 54.9 Å². The number of anilines is 1. The average Bonchev–Trinajstić information content (AvgIpc) is 3.14. The van der Waals surface area contributed by atoms with Crippen molar-refractivity contribution in [2.75, 3.05) is 31.1 Å². The first-order valence-electron chi connectivity index (χ1n) is 7.92. The molecule has 23 heavy (non-hydrogen) atoms. The third kappa shape index (κ3) is 2.96. The number of nitrogens with zero attached hydrogens (tertiary/aromatic N) is 3. The summed E-state index contributed by atoms with van der Waals surface area (Å²) in [4.78, 5) is 6.57. The van der Waals surface area contributed by atoms with Gasteiger partial charge in [0.05, 0.1) is 11.4 Å². The van der Waals surface area contributed by atoms with Crippen molar-refractivity contribution in [1.29, 1.82) is 0 Å². The Morgan fingerprint density at radius 3 is 2.65 bits per heavy atom. The van der Waals surface area contributed by atoms with Gasteiger partial charge < -0.3 is 10.2 Å². The van der Waals surface area contributed by atoms with Crippen LogP contribution in [0.25, 0.3) is 22.5 Å². The largest absolute Gasteiger partial charge is 0.369 e. The fourth-order valence-corrected chi connectivity index (χ4v) is 2.92. The summed E-state index contributed by atoms with van der Waals surface area (Å²) in [5.41, 5.74) is 5.39. The molecule has 1 aliphatic rings. The maximum atomic E-state index is 4.42. The molecule has 5 nitrogen and oxygen atoms in total. The number of rotatable bonds is 3. The van der Waals surface area contributed by atoms with Crippen molar-refractivity contribution >= 4 is 5.69 Å². The van der Waals surface area contributed by atoms with Crippen LogP contribution in [0.1, 0.15) is 0 Å². The van der Waals surface area contributed by atoms with E-state index in [0.717, 1.165) is 48.7 Å². The van der Waals surface area contributed by atoms with E-state index in [1.807, 2.05) is 18.3 Å². The molecule has 1 saturated heterocycles. The number of benzene rings is 1. The van der Waals surface area contributed by atoms with Gasteiger partial charge in [-0.3, -0.25) is 10.1 Å². The lowest BCUT2D eigenvalue weighted by Crippen LogP contribution is -2.43. The molecule has 1 aliphatic heterocycles. The van der Waals surface area contributed by atoms with Crippen LogP contribution in [-0.2, 0) is 0 Å². The molecule has 3 heterocycles. The Morgan fingerprint density at radius 2 is 1.83 bits per heavy atom. The zero-order chi connectivity index (χ0) is 15.5. The summed E-state index contributed by atoms with van der Waals surface area (Å²) in [6.07, 6.45) is 3.60. The van der Waals surface area contributed by atoms with Crippen LogP contribution < -0.4 is 10.2 Å². The van der Waals surface area contributed by atoms with Gasteiger partial charge in [0.25, 0.3) is 0 Å². The first kappa shape index (κ1) is 14.0. The summed E-state index contributed by atoms with van der Waals surface area (Å²) in [7, 11) is 0. The number of hydrogen-bond donors (Lipinski definition) is 2. The fourth-order valence-electron chi connectivity index (χ4n) is 2.92. The molecule has 0 atom stereocenters. The highest BCUT2D eigenvalue weighted by molar-refractivity contribution is 5.70. The topological polar surface area (TPSA) is 56.8 Å². The third-order valence-electron chi connectivity index (χ3n) is 4.17. The van der Waals surface area contributed by atoms with Gasteiger partial charge in [0, 0.05) is 55.4 Å². The lowest BCUT2D eigenvalue weighted by molar-refractivity contribution is 0.589. The highest BCUT2D eigenvalue weighted by Crippen LogP contribution is 2.26. The molecule has 4 rings (SSSR count). The molecule has 2 aromatic heterocycles. The maximum Gasteiger partial charge on any atom is 0.0942 e. The Morgan fingerprint density at radius 1 is 0.957 bits per heavy atom. The van der Waals surface area contributed by atoms with E-state index in [1.165, 1.54) is 5.69 Å². The van der Waals surface area contributed by atoms with Gasteiger partial charge in [0.1, 0.15) is 0 Å². The monoisotopic (exact) mass is 305 g/mol. The molecule has 0 radical (unpaired) electrons. The smallest absolute Gasteiger partial charge is 0.0942 e. The summed E-state index contributed by atoms with van der Waals surface area (Å²) < 4.78 is 0. The minimum Gasteiger partial charge on any atom is -0.369 e. The first-order valence-corrected chi connectivity index (χ1v) is 7.92. The van der Waals surface area contributed by atoms with Crippen LogP contribution in [-0.4, -0.2) is 41.4 Å². The van der Waals surface area contributed by atoms with Crippen LogP contribution in [0.15, 0.2) is 54.9 Å². The Hall–Kier alpha value is -2.66. The molecular weight excluding hydrogens is 286 g/mol. The number of aromatic nitrogens is 3. The van der Waals surface area contributed by atoms with Crippen LogP contribution in [0.5, 0.6) is 0 Å². The number of H-pyrrole nitrogens is 1. The second-order valence-electron chi connectivity index (χ2n) is 5.70. The number of hydrogen-bond acceptors (Lipinski definition) is 4. The molecule has 3 aromatic rings. The second-order valence-corrected chi connectivity index (χ2v) is 5.70. The fraction of sp³-hybridized carbons (Fsp3) is 0.222. The van der Waals surface area contributed by atoms with Gasteiger partial charge in [-0.15, -0.1) is 0 Å². The summed E-state index contributed by atoms with van der Waals surface area (Å²) >= 11 is 0. The third-order valence-corrected chi connectivity index (χ3v) is 4.17. The SMILES string of the molecule is c1cncc(-c2cc(-c3cccc(N4CCNCC4)c3)[nH]n2)c1. The van der Waals surface area contributed by atoms with E-state index in [0.29, 0.717) is 0 Å². The second kappa shape index (κ2) is 6.22. The first-order chi connectivity index (χ1) is 11.4. The molecule has 0 bridgehead atoms. The molecule has 1 aromatic carbocycles. The predicted octanol–water partition coefficient (Wildman–Crippen LogP) is 2.55. The molecule has 0 amide bonds. The van der Waals surface area contributed by atoms with Crippen molar-refractivity contribution in [3.8, 4) is 22.5 Å². The molecule has 1 fully saturated rings. The quantitative estimate of drug-likeness (QED) is 0.781. The summed E-state index contributed by atoms with van der Waals surface area (Å²) in [5.74, 6) is 0. The highest BCUT2D eigenvalue weighted by atomic mass is 15.2. The van der Waals surface area contributed by atoms with E-state index in [9.17, 15) is 0 Å². The van der Waals surface area contributed by atoms with Crippen LogP contribution in [0.2, 0.25) is 0 Å². The Labute approximate surface area is 135 Å². The van der Waals surface area contributed by atoms with E-state index in [2.05, 4.69) is 55.7 Å². The van der Waals surface area contributed by atoms with Crippen LogP contribution >= 0.6 is 0 Å². The van der Waals surface area contributed by atoms with Crippen LogP contribution in [0.4, 0.5) is 5.69 Å². The molecule has 0 unspecified atom stereocenters. The predicted molar refractivity (Wildman–Crippen MR) is 92.3 cm³/mol. The van der Waals surface area contributed by atoms with E-state index in [1.54, 1.807) is 6.20 Å².